The van der Waals surface area contributed by atoms with Gasteiger partial charge < -0.3 is 5.73 Å². The number of benzene rings is 2. The molecule has 27 heavy (non-hydrogen) atoms. The fourth-order valence-electron chi connectivity index (χ4n) is 1.96. The van der Waals surface area contributed by atoms with E-state index in [4.69, 9.17) is 34.4 Å². The van der Waals surface area contributed by atoms with Gasteiger partial charge in [0.2, 0.25) is 0 Å². The van der Waals surface area contributed by atoms with E-state index in [0.717, 1.165) is 14.5 Å². The molecule has 0 aliphatic rings. The molecule has 0 bridgehead atoms. The van der Waals surface area contributed by atoms with Crippen molar-refractivity contribution in [2.75, 3.05) is 0 Å². The van der Waals surface area contributed by atoms with Gasteiger partial charge >= 0.3 is 37.9 Å². The van der Waals surface area contributed by atoms with Crippen LogP contribution in [0.25, 0.3) is 27.6 Å². The Labute approximate surface area is 190 Å². The van der Waals surface area contributed by atoms with Crippen molar-refractivity contribution < 1.29 is 20.8 Å². The van der Waals surface area contributed by atoms with Crippen molar-refractivity contribution in [1.29, 1.82) is 0 Å². The number of hydrogen-bond donors (Lipinski definition) is 0. The van der Waals surface area contributed by atoms with Gasteiger partial charge in [0, 0.05) is 14.5 Å². The zero-order valence-electron chi connectivity index (χ0n) is 16.4. The third-order valence-electron chi connectivity index (χ3n) is 2.80. The molecule has 3 aromatic carbocycles. The van der Waals surface area contributed by atoms with Crippen molar-refractivity contribution in [3.63, 3.8) is 0 Å². The molecule has 1 nitrogen and oxygen atoms in total. The number of hydrogen-bond acceptors (Lipinski definition) is 0. The second kappa shape index (κ2) is 14.9. The quantitative estimate of drug-likeness (QED) is 0.227. The molecular formula is C21H26Cl3NSiZr. The normalized spacial score (nSPS) is 9.67. The summed E-state index contributed by atoms with van der Waals surface area (Å²) in [6, 6.07) is 20.8. The van der Waals surface area contributed by atoms with Gasteiger partial charge in [-0.1, -0.05) is 93.5 Å². The molecule has 3 rings (SSSR count). The van der Waals surface area contributed by atoms with Crippen molar-refractivity contribution in [1.82, 2.24) is 0 Å². The van der Waals surface area contributed by atoms with Gasteiger partial charge in [0.25, 0.3) is 0 Å². The van der Waals surface area contributed by atoms with Crippen molar-refractivity contribution in [2.45, 2.75) is 39.4 Å². The molecule has 0 heterocycles. The Balaban J connectivity index is 0.000000516. The summed E-state index contributed by atoms with van der Waals surface area (Å²) in [4.78, 5) is 0. The van der Waals surface area contributed by atoms with Crippen LogP contribution >= 0.6 is 28.6 Å². The molecular weight excluding hydrogens is 492 g/mol. The predicted octanol–water partition coefficient (Wildman–Crippen LogP) is 8.88. The molecule has 1 N–H and O–H groups in total. The SMILES string of the molecule is CC(C)(C)[NH-].C[Si]C.Clc1ccc(-c2cc3ccccc3[cH-]2)cc1.[Cl][Zr+2][Cl]. The fraction of sp³-hybridized carbons (Fsp3) is 0.286. The molecule has 0 aliphatic carbocycles. The van der Waals surface area contributed by atoms with E-state index in [0.29, 0.717) is 0 Å². The Bertz CT molecular complexity index is 711. The van der Waals surface area contributed by atoms with Gasteiger partial charge in [0.15, 0.2) is 0 Å². The molecule has 0 spiro atoms. The van der Waals surface area contributed by atoms with E-state index in [9.17, 15) is 0 Å². The average molecular weight is 518 g/mol. The number of halogens is 3. The van der Waals surface area contributed by atoms with Crippen LogP contribution < -0.4 is 0 Å². The van der Waals surface area contributed by atoms with E-state index in [1.807, 2.05) is 32.9 Å². The van der Waals surface area contributed by atoms with Crippen molar-refractivity contribution in [3.05, 3.63) is 71.4 Å². The first-order valence-corrected chi connectivity index (χ1v) is 17.1. The number of fused-ring (bicyclic) bond motifs is 1. The Hall–Kier alpha value is -0.0200. The molecule has 0 atom stereocenters. The standard InChI is InChI=1S/C15H10Cl.C4H10N.C2H6Si.2ClH.Zr/c16-15-7-5-11(6-8-15)14-9-12-3-1-2-4-13(12)10-14;1-4(2,3)5;1-3-2;;;/h1-10H;5H,1-3H3;1-2H3;2*1H;/q2*-1;;;;+4/p-2. The van der Waals surface area contributed by atoms with E-state index in [-0.39, 0.29) is 5.54 Å². The zero-order chi connectivity index (χ0) is 20.9. The second-order valence-electron chi connectivity index (χ2n) is 6.70. The van der Waals surface area contributed by atoms with Crippen LogP contribution in [0.15, 0.2) is 60.7 Å². The molecule has 0 amide bonds. The monoisotopic (exact) mass is 515 g/mol. The summed E-state index contributed by atoms with van der Waals surface area (Å²) in [5, 5.41) is 3.35. The molecule has 0 aliphatic heterocycles. The number of rotatable bonds is 1. The minimum atomic E-state index is -0.826. The molecule has 0 saturated carbocycles. The Kier molecular flexibility index (Phi) is 14.9. The summed E-state index contributed by atoms with van der Waals surface area (Å²) in [7, 11) is 11.0. The van der Waals surface area contributed by atoms with Crippen LogP contribution in [0, 0.1) is 0 Å². The maximum atomic E-state index is 6.94. The summed E-state index contributed by atoms with van der Waals surface area (Å²) >= 11 is 5.05. The molecule has 6 heteroatoms. The van der Waals surface area contributed by atoms with E-state index in [2.05, 4.69) is 61.6 Å². The summed E-state index contributed by atoms with van der Waals surface area (Å²) in [6.07, 6.45) is 0. The summed E-state index contributed by atoms with van der Waals surface area (Å²) < 4.78 is 0. The van der Waals surface area contributed by atoms with Gasteiger partial charge in [-0.05, 0) is 0 Å². The van der Waals surface area contributed by atoms with Crippen LogP contribution in [0.5, 0.6) is 0 Å². The van der Waals surface area contributed by atoms with Crippen LogP contribution in [0.1, 0.15) is 20.8 Å². The molecule has 0 unspecified atom stereocenters. The first-order valence-electron chi connectivity index (χ1n) is 8.37. The molecule has 144 valence electrons. The van der Waals surface area contributed by atoms with Gasteiger partial charge in [-0.3, -0.25) is 0 Å². The molecule has 0 aromatic heterocycles. The fourth-order valence-corrected chi connectivity index (χ4v) is 2.09. The van der Waals surface area contributed by atoms with Crippen LogP contribution in [-0.2, 0) is 20.8 Å². The van der Waals surface area contributed by atoms with Gasteiger partial charge in [-0.15, -0.1) is 40.1 Å². The van der Waals surface area contributed by atoms with Gasteiger partial charge in [-0.25, -0.2) is 0 Å². The van der Waals surface area contributed by atoms with Crippen LogP contribution in [0.2, 0.25) is 18.1 Å². The molecule has 0 saturated heterocycles. The van der Waals surface area contributed by atoms with Crippen molar-refractivity contribution in [2.24, 2.45) is 0 Å². The molecule has 0 fully saturated rings. The van der Waals surface area contributed by atoms with E-state index in [1.54, 1.807) is 0 Å². The average Bonchev–Trinajstić information content (AvgIpc) is 2.99. The third kappa shape index (κ3) is 13.7. The molecule has 2 radical (unpaired) electrons. The second-order valence-corrected chi connectivity index (χ2v) is 11.9. The van der Waals surface area contributed by atoms with Crippen LogP contribution in [0.4, 0.5) is 0 Å². The Morgan fingerprint density at radius 1 is 0.963 bits per heavy atom. The zero-order valence-corrected chi connectivity index (χ0v) is 22.1. The topological polar surface area (TPSA) is 23.8 Å². The summed E-state index contributed by atoms with van der Waals surface area (Å²) in [5.74, 6) is 0. The van der Waals surface area contributed by atoms with Gasteiger partial charge in [0.05, 0.1) is 0 Å². The van der Waals surface area contributed by atoms with Gasteiger partial charge in [-0.2, -0.15) is 0 Å². The first-order chi connectivity index (χ1) is 12.7. The maximum absolute atomic E-state index is 6.94. The minimum absolute atomic E-state index is 0.250. The predicted molar refractivity (Wildman–Crippen MR) is 123 cm³/mol. The third-order valence-corrected chi connectivity index (χ3v) is 3.05. The Morgan fingerprint density at radius 2 is 1.41 bits per heavy atom. The van der Waals surface area contributed by atoms with Gasteiger partial charge in [0.1, 0.15) is 0 Å². The first kappa shape index (κ1) is 27.0. The van der Waals surface area contributed by atoms with E-state index in [1.165, 1.54) is 21.9 Å². The Morgan fingerprint density at radius 3 is 1.85 bits per heavy atom. The van der Waals surface area contributed by atoms with Crippen LogP contribution in [-0.4, -0.2) is 15.1 Å². The number of nitrogens with one attached hydrogen (secondary N) is 1. The summed E-state index contributed by atoms with van der Waals surface area (Å²) in [5.41, 5.74) is 9.14. The van der Waals surface area contributed by atoms with Crippen molar-refractivity contribution in [3.8, 4) is 11.1 Å². The van der Waals surface area contributed by atoms with Crippen LogP contribution in [0.3, 0.4) is 0 Å². The van der Waals surface area contributed by atoms with E-state index >= 15 is 0 Å². The van der Waals surface area contributed by atoms with Crippen molar-refractivity contribution >= 4 is 48.9 Å². The molecule has 3 aromatic rings. The summed E-state index contributed by atoms with van der Waals surface area (Å²) in [6.45, 7) is 9.87. The van der Waals surface area contributed by atoms with E-state index < -0.39 is 20.8 Å².